The lowest BCUT2D eigenvalue weighted by molar-refractivity contribution is 0.00735. The maximum atomic E-state index is 6.30. The summed E-state index contributed by atoms with van der Waals surface area (Å²) in [6, 6.07) is 0.698. The van der Waals surface area contributed by atoms with E-state index in [1.807, 2.05) is 0 Å². The molecule has 1 saturated carbocycles. The van der Waals surface area contributed by atoms with Crippen LogP contribution in [0.25, 0.3) is 0 Å². The number of hydrogen-bond donors (Lipinski definition) is 1. The summed E-state index contributed by atoms with van der Waals surface area (Å²) in [6.07, 6.45) is 9.31. The Morgan fingerprint density at radius 3 is 2.35 bits per heavy atom. The number of nitrogens with two attached hydrogens (primary N) is 1. The summed E-state index contributed by atoms with van der Waals surface area (Å²) in [5.41, 5.74) is 6.61. The Labute approximate surface area is 125 Å². The van der Waals surface area contributed by atoms with Crippen LogP contribution in [0.15, 0.2) is 0 Å². The molecule has 118 valence electrons. The average molecular weight is 281 g/mol. The highest BCUT2D eigenvalue weighted by molar-refractivity contribution is 4.99. The normalized spacial score (nSPS) is 37.8. The minimum absolute atomic E-state index is 0.303. The van der Waals surface area contributed by atoms with Crippen molar-refractivity contribution in [3.8, 4) is 0 Å². The molecule has 0 amide bonds. The van der Waals surface area contributed by atoms with E-state index in [1.165, 1.54) is 64.6 Å². The Balaban J connectivity index is 2.12. The maximum absolute atomic E-state index is 6.30. The van der Waals surface area contributed by atoms with Crippen molar-refractivity contribution < 1.29 is 0 Å². The fraction of sp³-hybridized carbons (Fsp3) is 1.00. The standard InChI is InChI=1S/C17H35N3/c1-4-15-7-9-17(14-18,10-8-15)20-12-6-11-19(3)13-16(20)5-2/h15-16H,4-14,18H2,1-3H3. The van der Waals surface area contributed by atoms with E-state index in [0.717, 1.165) is 12.5 Å². The molecule has 3 nitrogen and oxygen atoms in total. The van der Waals surface area contributed by atoms with Crippen molar-refractivity contribution in [1.29, 1.82) is 0 Å². The average Bonchev–Trinajstić information content (AvgIpc) is 2.69. The summed E-state index contributed by atoms with van der Waals surface area (Å²) in [6.45, 7) is 9.25. The quantitative estimate of drug-likeness (QED) is 0.860. The van der Waals surface area contributed by atoms with Crippen molar-refractivity contribution >= 4 is 0 Å². The van der Waals surface area contributed by atoms with Crippen LogP contribution in [0.1, 0.15) is 58.8 Å². The molecule has 0 spiro atoms. The van der Waals surface area contributed by atoms with Gasteiger partial charge >= 0.3 is 0 Å². The Morgan fingerprint density at radius 2 is 1.80 bits per heavy atom. The third kappa shape index (κ3) is 3.37. The smallest absolute Gasteiger partial charge is 0.0335 e. The first kappa shape index (κ1) is 16.3. The van der Waals surface area contributed by atoms with Gasteiger partial charge in [-0.25, -0.2) is 0 Å². The molecule has 1 aliphatic carbocycles. The summed E-state index contributed by atoms with van der Waals surface area (Å²) in [4.78, 5) is 5.33. The third-order valence-corrected chi connectivity index (χ3v) is 5.98. The van der Waals surface area contributed by atoms with Gasteiger partial charge in [0.05, 0.1) is 0 Å². The van der Waals surface area contributed by atoms with E-state index < -0.39 is 0 Å². The van der Waals surface area contributed by atoms with Crippen LogP contribution in [0.5, 0.6) is 0 Å². The molecule has 3 heteroatoms. The highest BCUT2D eigenvalue weighted by atomic mass is 15.3. The highest BCUT2D eigenvalue weighted by Crippen LogP contribution is 2.39. The van der Waals surface area contributed by atoms with Gasteiger partial charge in [0.2, 0.25) is 0 Å². The van der Waals surface area contributed by atoms with Gasteiger partial charge in [0.15, 0.2) is 0 Å². The first-order valence-corrected chi connectivity index (χ1v) is 8.80. The molecule has 0 aromatic heterocycles. The molecular weight excluding hydrogens is 246 g/mol. The number of hydrogen-bond acceptors (Lipinski definition) is 3. The van der Waals surface area contributed by atoms with Gasteiger partial charge in [-0.3, -0.25) is 4.90 Å². The molecule has 0 radical (unpaired) electrons. The summed E-state index contributed by atoms with van der Waals surface area (Å²) >= 11 is 0. The fourth-order valence-corrected chi connectivity index (χ4v) is 4.45. The molecule has 20 heavy (non-hydrogen) atoms. The van der Waals surface area contributed by atoms with Crippen LogP contribution in [-0.2, 0) is 0 Å². The molecule has 1 heterocycles. The number of likely N-dealkylation sites (N-methyl/N-ethyl adjacent to an activating group) is 1. The van der Waals surface area contributed by atoms with Gasteiger partial charge in [0, 0.05) is 31.2 Å². The van der Waals surface area contributed by atoms with E-state index >= 15 is 0 Å². The largest absolute Gasteiger partial charge is 0.329 e. The van der Waals surface area contributed by atoms with E-state index in [4.69, 9.17) is 5.73 Å². The minimum Gasteiger partial charge on any atom is -0.329 e. The molecule has 0 aromatic carbocycles. The van der Waals surface area contributed by atoms with Crippen molar-refractivity contribution in [2.45, 2.75) is 70.4 Å². The van der Waals surface area contributed by atoms with E-state index in [2.05, 4.69) is 30.7 Å². The van der Waals surface area contributed by atoms with Gasteiger partial charge in [-0.15, -0.1) is 0 Å². The van der Waals surface area contributed by atoms with Crippen LogP contribution >= 0.6 is 0 Å². The summed E-state index contributed by atoms with van der Waals surface area (Å²) in [5.74, 6) is 0.949. The molecule has 1 aliphatic heterocycles. The lowest BCUT2D eigenvalue weighted by Gasteiger charge is -2.50. The van der Waals surface area contributed by atoms with Gasteiger partial charge < -0.3 is 10.6 Å². The monoisotopic (exact) mass is 281 g/mol. The van der Waals surface area contributed by atoms with Crippen LogP contribution in [0, 0.1) is 5.92 Å². The zero-order valence-corrected chi connectivity index (χ0v) is 13.9. The van der Waals surface area contributed by atoms with Gasteiger partial charge in [-0.2, -0.15) is 0 Å². The first-order chi connectivity index (χ1) is 9.65. The highest BCUT2D eigenvalue weighted by Gasteiger charge is 2.42. The molecule has 0 aromatic rings. The summed E-state index contributed by atoms with van der Waals surface area (Å²) in [7, 11) is 2.27. The molecule has 0 bridgehead atoms. The lowest BCUT2D eigenvalue weighted by atomic mass is 9.74. The molecule has 2 N–H and O–H groups in total. The summed E-state index contributed by atoms with van der Waals surface area (Å²) < 4.78 is 0. The second-order valence-electron chi connectivity index (χ2n) is 7.15. The second kappa shape index (κ2) is 7.24. The van der Waals surface area contributed by atoms with Crippen molar-refractivity contribution in [2.75, 3.05) is 33.2 Å². The SMILES string of the molecule is CCC1CCC(CN)(N2CCCN(C)CC2CC)CC1. The molecule has 1 unspecified atom stereocenters. The minimum atomic E-state index is 0.303. The van der Waals surface area contributed by atoms with Crippen molar-refractivity contribution in [2.24, 2.45) is 11.7 Å². The Bertz CT molecular complexity index is 284. The van der Waals surface area contributed by atoms with Crippen molar-refractivity contribution in [3.63, 3.8) is 0 Å². The van der Waals surface area contributed by atoms with E-state index in [9.17, 15) is 0 Å². The molecule has 2 rings (SSSR count). The second-order valence-corrected chi connectivity index (χ2v) is 7.15. The zero-order valence-electron chi connectivity index (χ0n) is 13.9. The predicted molar refractivity (Wildman–Crippen MR) is 86.9 cm³/mol. The van der Waals surface area contributed by atoms with Gasteiger partial charge in [0.1, 0.15) is 0 Å². The van der Waals surface area contributed by atoms with Crippen LogP contribution in [0.2, 0.25) is 0 Å². The molecule has 1 saturated heterocycles. The van der Waals surface area contributed by atoms with E-state index in [-0.39, 0.29) is 0 Å². The van der Waals surface area contributed by atoms with Crippen molar-refractivity contribution in [1.82, 2.24) is 9.80 Å². The van der Waals surface area contributed by atoms with Crippen LogP contribution in [0.3, 0.4) is 0 Å². The van der Waals surface area contributed by atoms with Crippen LogP contribution in [-0.4, -0.2) is 54.6 Å². The lowest BCUT2D eigenvalue weighted by Crippen LogP contribution is -2.60. The topological polar surface area (TPSA) is 32.5 Å². The Hall–Kier alpha value is -0.120. The number of rotatable bonds is 4. The molecule has 2 aliphatic rings. The Morgan fingerprint density at radius 1 is 1.10 bits per heavy atom. The zero-order chi connectivity index (χ0) is 14.6. The first-order valence-electron chi connectivity index (χ1n) is 8.80. The maximum Gasteiger partial charge on any atom is 0.0335 e. The number of nitrogens with zero attached hydrogens (tertiary/aromatic N) is 2. The van der Waals surface area contributed by atoms with Crippen LogP contribution in [0.4, 0.5) is 0 Å². The molecule has 2 fully saturated rings. The van der Waals surface area contributed by atoms with Gasteiger partial charge in [-0.05, 0) is 58.0 Å². The van der Waals surface area contributed by atoms with E-state index in [0.29, 0.717) is 11.6 Å². The van der Waals surface area contributed by atoms with Crippen molar-refractivity contribution in [3.05, 3.63) is 0 Å². The van der Waals surface area contributed by atoms with Crippen LogP contribution < -0.4 is 5.73 Å². The van der Waals surface area contributed by atoms with Gasteiger partial charge in [-0.1, -0.05) is 20.3 Å². The molecule has 1 atom stereocenters. The third-order valence-electron chi connectivity index (χ3n) is 5.98. The van der Waals surface area contributed by atoms with E-state index in [1.54, 1.807) is 0 Å². The fourth-order valence-electron chi connectivity index (χ4n) is 4.45. The molecular formula is C17H35N3. The Kier molecular flexibility index (Phi) is 5.88. The predicted octanol–water partition coefficient (Wildman–Crippen LogP) is 2.70. The van der Waals surface area contributed by atoms with Gasteiger partial charge in [0.25, 0.3) is 0 Å². The summed E-state index contributed by atoms with van der Waals surface area (Å²) in [5, 5.41) is 0.